The van der Waals surface area contributed by atoms with Gasteiger partial charge in [0.15, 0.2) is 18.1 Å². The number of esters is 1. The summed E-state index contributed by atoms with van der Waals surface area (Å²) in [5.74, 6) is 1.57. The van der Waals surface area contributed by atoms with E-state index in [2.05, 4.69) is 5.32 Å². The van der Waals surface area contributed by atoms with E-state index in [4.69, 9.17) is 23.7 Å². The third kappa shape index (κ3) is 5.54. The number of fused-ring (bicyclic) bond motifs is 1. The average molecular weight is 387 g/mol. The summed E-state index contributed by atoms with van der Waals surface area (Å²) in [5, 5.41) is 2.65. The zero-order valence-corrected chi connectivity index (χ0v) is 15.4. The van der Waals surface area contributed by atoms with Crippen molar-refractivity contribution in [2.75, 3.05) is 38.9 Å². The van der Waals surface area contributed by atoms with E-state index in [1.54, 1.807) is 49.6 Å². The number of carbonyl (C=O) groups excluding carboxylic acids is 2. The van der Waals surface area contributed by atoms with Crippen LogP contribution in [0.2, 0.25) is 0 Å². The SMILES string of the molecule is COc1ccc(OCCC(=O)OCC(=O)Nc2ccc3c(c2)OCCO3)cc1. The molecule has 0 aromatic heterocycles. The second-order valence-electron chi connectivity index (χ2n) is 5.84. The van der Waals surface area contributed by atoms with Gasteiger partial charge in [0.05, 0.1) is 20.1 Å². The molecule has 1 aliphatic heterocycles. The number of nitrogens with one attached hydrogen (secondary N) is 1. The highest BCUT2D eigenvalue weighted by atomic mass is 16.6. The lowest BCUT2D eigenvalue weighted by atomic mass is 10.2. The quantitative estimate of drug-likeness (QED) is 0.696. The van der Waals surface area contributed by atoms with Crippen LogP contribution in [0.5, 0.6) is 23.0 Å². The number of anilines is 1. The average Bonchev–Trinajstić information content (AvgIpc) is 2.73. The fourth-order valence-electron chi connectivity index (χ4n) is 2.46. The number of rotatable bonds is 8. The molecule has 148 valence electrons. The fourth-order valence-corrected chi connectivity index (χ4v) is 2.46. The van der Waals surface area contributed by atoms with E-state index < -0.39 is 11.9 Å². The van der Waals surface area contributed by atoms with Crippen LogP contribution >= 0.6 is 0 Å². The van der Waals surface area contributed by atoms with Crippen LogP contribution < -0.4 is 24.3 Å². The Morgan fingerprint density at radius 2 is 1.71 bits per heavy atom. The van der Waals surface area contributed by atoms with Crippen molar-refractivity contribution in [1.29, 1.82) is 0 Å². The number of benzene rings is 2. The number of hydrogen-bond acceptors (Lipinski definition) is 7. The number of methoxy groups -OCH3 is 1. The summed E-state index contributed by atoms with van der Waals surface area (Å²) < 4.78 is 26.3. The van der Waals surface area contributed by atoms with E-state index in [-0.39, 0.29) is 19.6 Å². The van der Waals surface area contributed by atoms with Gasteiger partial charge in [-0.2, -0.15) is 0 Å². The first-order chi connectivity index (χ1) is 13.6. The van der Waals surface area contributed by atoms with Crippen LogP contribution in [0.15, 0.2) is 42.5 Å². The van der Waals surface area contributed by atoms with Gasteiger partial charge in [-0.1, -0.05) is 0 Å². The van der Waals surface area contributed by atoms with Crippen molar-refractivity contribution in [2.24, 2.45) is 0 Å². The molecule has 1 N–H and O–H groups in total. The van der Waals surface area contributed by atoms with Gasteiger partial charge >= 0.3 is 5.97 Å². The van der Waals surface area contributed by atoms with Crippen molar-refractivity contribution in [3.05, 3.63) is 42.5 Å². The van der Waals surface area contributed by atoms with Gasteiger partial charge in [-0.3, -0.25) is 9.59 Å². The molecule has 0 unspecified atom stereocenters. The molecule has 0 radical (unpaired) electrons. The molecule has 8 heteroatoms. The molecule has 0 aliphatic carbocycles. The van der Waals surface area contributed by atoms with Gasteiger partial charge in [0.2, 0.25) is 0 Å². The number of amides is 1. The van der Waals surface area contributed by atoms with Gasteiger partial charge in [0, 0.05) is 11.8 Å². The molecule has 1 heterocycles. The molecule has 3 rings (SSSR count). The summed E-state index contributed by atoms with van der Waals surface area (Å²) in [6.45, 7) is 0.724. The van der Waals surface area contributed by atoms with E-state index in [9.17, 15) is 9.59 Å². The Kier molecular flexibility index (Phi) is 6.56. The highest BCUT2D eigenvalue weighted by Crippen LogP contribution is 2.32. The Bertz CT molecular complexity index is 820. The minimum Gasteiger partial charge on any atom is -0.497 e. The predicted octanol–water partition coefficient (Wildman–Crippen LogP) is 2.42. The first-order valence-electron chi connectivity index (χ1n) is 8.76. The van der Waals surface area contributed by atoms with Gasteiger partial charge in [0.1, 0.15) is 24.7 Å². The summed E-state index contributed by atoms with van der Waals surface area (Å²) in [7, 11) is 1.58. The molecule has 8 nitrogen and oxygen atoms in total. The summed E-state index contributed by atoms with van der Waals surface area (Å²) >= 11 is 0. The second-order valence-corrected chi connectivity index (χ2v) is 5.84. The van der Waals surface area contributed by atoms with Crippen LogP contribution in [-0.2, 0) is 14.3 Å². The van der Waals surface area contributed by atoms with E-state index in [0.29, 0.717) is 36.1 Å². The van der Waals surface area contributed by atoms with Crippen molar-refractivity contribution >= 4 is 17.6 Å². The molecular weight excluding hydrogens is 366 g/mol. The maximum Gasteiger partial charge on any atom is 0.309 e. The Morgan fingerprint density at radius 1 is 1.00 bits per heavy atom. The van der Waals surface area contributed by atoms with E-state index in [1.165, 1.54) is 0 Å². The largest absolute Gasteiger partial charge is 0.497 e. The summed E-state index contributed by atoms with van der Waals surface area (Å²) in [5.41, 5.74) is 0.535. The Labute approximate surface area is 162 Å². The summed E-state index contributed by atoms with van der Waals surface area (Å²) in [4.78, 5) is 23.7. The zero-order chi connectivity index (χ0) is 19.8. The molecule has 0 spiro atoms. The van der Waals surface area contributed by atoms with E-state index >= 15 is 0 Å². The second kappa shape index (κ2) is 9.50. The van der Waals surface area contributed by atoms with Gasteiger partial charge in [-0.15, -0.1) is 0 Å². The highest BCUT2D eigenvalue weighted by molar-refractivity contribution is 5.93. The third-order valence-electron chi connectivity index (χ3n) is 3.82. The van der Waals surface area contributed by atoms with Gasteiger partial charge in [0.25, 0.3) is 5.91 Å². The molecule has 1 aliphatic rings. The Balaban J connectivity index is 1.36. The van der Waals surface area contributed by atoms with E-state index in [0.717, 1.165) is 5.75 Å². The van der Waals surface area contributed by atoms with Crippen molar-refractivity contribution < 1.29 is 33.3 Å². The van der Waals surface area contributed by atoms with Crippen LogP contribution in [0.1, 0.15) is 6.42 Å². The third-order valence-corrected chi connectivity index (χ3v) is 3.82. The number of carbonyl (C=O) groups is 2. The predicted molar refractivity (Wildman–Crippen MR) is 100 cm³/mol. The van der Waals surface area contributed by atoms with Gasteiger partial charge in [-0.25, -0.2) is 0 Å². The van der Waals surface area contributed by atoms with Crippen molar-refractivity contribution in [3.63, 3.8) is 0 Å². The Hall–Kier alpha value is -3.42. The zero-order valence-electron chi connectivity index (χ0n) is 15.4. The van der Waals surface area contributed by atoms with Crippen molar-refractivity contribution in [1.82, 2.24) is 0 Å². The maximum atomic E-state index is 11.9. The lowest BCUT2D eigenvalue weighted by molar-refractivity contribution is -0.147. The molecule has 2 aromatic carbocycles. The lowest BCUT2D eigenvalue weighted by Crippen LogP contribution is -2.22. The monoisotopic (exact) mass is 387 g/mol. The fraction of sp³-hybridized carbons (Fsp3) is 0.300. The molecular formula is C20H21NO7. The Morgan fingerprint density at radius 3 is 2.46 bits per heavy atom. The van der Waals surface area contributed by atoms with Crippen LogP contribution in [0, 0.1) is 0 Å². The molecule has 28 heavy (non-hydrogen) atoms. The first kappa shape index (κ1) is 19.3. The molecule has 0 atom stereocenters. The smallest absolute Gasteiger partial charge is 0.309 e. The van der Waals surface area contributed by atoms with Crippen LogP contribution in [0.3, 0.4) is 0 Å². The van der Waals surface area contributed by atoms with Crippen LogP contribution in [0.4, 0.5) is 5.69 Å². The minimum atomic E-state index is -0.522. The summed E-state index contributed by atoms with van der Waals surface area (Å²) in [6, 6.07) is 12.1. The molecule has 1 amide bonds. The standard InChI is InChI=1S/C20H21NO7/c1-24-15-3-5-16(6-4-15)25-9-8-20(23)28-13-19(22)21-14-2-7-17-18(12-14)27-11-10-26-17/h2-7,12H,8-11,13H2,1H3,(H,21,22). The maximum absolute atomic E-state index is 11.9. The number of hydrogen-bond donors (Lipinski definition) is 1. The highest BCUT2D eigenvalue weighted by Gasteiger charge is 2.13. The first-order valence-corrected chi connectivity index (χ1v) is 8.76. The van der Waals surface area contributed by atoms with Crippen molar-refractivity contribution in [3.8, 4) is 23.0 Å². The lowest BCUT2D eigenvalue weighted by Gasteiger charge is -2.19. The molecule has 0 saturated heterocycles. The van der Waals surface area contributed by atoms with Gasteiger partial charge < -0.3 is 29.0 Å². The van der Waals surface area contributed by atoms with Crippen LogP contribution in [0.25, 0.3) is 0 Å². The van der Waals surface area contributed by atoms with Crippen molar-refractivity contribution in [2.45, 2.75) is 6.42 Å². The van der Waals surface area contributed by atoms with Gasteiger partial charge in [-0.05, 0) is 36.4 Å². The van der Waals surface area contributed by atoms with Crippen LogP contribution in [-0.4, -0.2) is 45.4 Å². The normalized spacial score (nSPS) is 12.0. The molecule has 2 aromatic rings. The summed E-state index contributed by atoms with van der Waals surface area (Å²) in [6.07, 6.45) is 0.0311. The molecule has 0 fully saturated rings. The van der Waals surface area contributed by atoms with E-state index in [1.807, 2.05) is 0 Å². The molecule has 0 bridgehead atoms. The minimum absolute atomic E-state index is 0.0311. The number of ether oxygens (including phenoxy) is 5. The topological polar surface area (TPSA) is 92.3 Å². The molecule has 0 saturated carbocycles.